The molecule has 242 valence electrons. The Bertz CT molecular complexity index is 2770. The van der Waals surface area contributed by atoms with E-state index in [0.717, 1.165) is 33.3 Å². The van der Waals surface area contributed by atoms with E-state index in [2.05, 4.69) is 189 Å². The minimum Gasteiger partial charge on any atom is -0.454 e. The molecule has 1 aromatic heterocycles. The number of hydrogen-bond acceptors (Lipinski definition) is 2. The molecule has 0 fully saturated rings. The maximum atomic E-state index is 6.77. The summed E-state index contributed by atoms with van der Waals surface area (Å²) in [5, 5.41) is 4.66. The lowest BCUT2D eigenvalue weighted by Crippen LogP contribution is -2.16. The molecule has 10 rings (SSSR count). The molecule has 1 aliphatic carbocycles. The number of rotatable bonds is 5. The number of para-hydroxylation sites is 2. The van der Waals surface area contributed by atoms with Crippen molar-refractivity contribution in [2.24, 2.45) is 0 Å². The lowest BCUT2D eigenvalue weighted by atomic mass is 9.81. The van der Waals surface area contributed by atoms with Gasteiger partial charge in [-0.05, 0) is 74.7 Å². The van der Waals surface area contributed by atoms with E-state index >= 15 is 0 Å². The first-order valence-electron chi connectivity index (χ1n) is 17.7. The van der Waals surface area contributed by atoms with E-state index in [1.165, 1.54) is 61.0 Å². The predicted octanol–water partition coefficient (Wildman–Crippen LogP) is 13.8. The summed E-state index contributed by atoms with van der Waals surface area (Å²) in [6.45, 7) is 4.72. The number of benzene rings is 8. The second-order valence-electron chi connectivity index (χ2n) is 14.1. The van der Waals surface area contributed by atoms with E-state index in [9.17, 15) is 0 Å². The van der Waals surface area contributed by atoms with E-state index in [-0.39, 0.29) is 5.41 Å². The van der Waals surface area contributed by atoms with Crippen LogP contribution in [0.3, 0.4) is 0 Å². The fraction of sp³-hybridized carbons (Fsp3) is 0.0612. The molecule has 0 bridgehead atoms. The van der Waals surface area contributed by atoms with Gasteiger partial charge in [0, 0.05) is 32.8 Å². The molecule has 0 aliphatic heterocycles. The number of anilines is 3. The highest BCUT2D eigenvalue weighted by Crippen LogP contribution is 2.57. The minimum atomic E-state index is -0.160. The van der Waals surface area contributed by atoms with Crippen molar-refractivity contribution in [1.29, 1.82) is 0 Å². The Morgan fingerprint density at radius 2 is 1.08 bits per heavy atom. The molecule has 0 amide bonds. The first-order valence-corrected chi connectivity index (χ1v) is 17.7. The van der Waals surface area contributed by atoms with Crippen LogP contribution in [0.15, 0.2) is 180 Å². The van der Waals surface area contributed by atoms with E-state index in [1.54, 1.807) is 0 Å². The smallest absolute Gasteiger partial charge is 0.159 e. The van der Waals surface area contributed by atoms with E-state index in [4.69, 9.17) is 4.42 Å². The van der Waals surface area contributed by atoms with Crippen molar-refractivity contribution in [3.05, 3.63) is 187 Å². The molecule has 0 spiro atoms. The molecule has 1 heterocycles. The molecule has 9 aromatic rings. The normalized spacial score (nSPS) is 13.1. The minimum absolute atomic E-state index is 0.160. The van der Waals surface area contributed by atoms with E-state index in [0.29, 0.717) is 0 Å². The van der Waals surface area contributed by atoms with Crippen LogP contribution in [0.5, 0.6) is 0 Å². The van der Waals surface area contributed by atoms with Crippen LogP contribution >= 0.6 is 0 Å². The number of furan rings is 1. The Kier molecular flexibility index (Phi) is 6.56. The molecular formula is C49H35NO. The van der Waals surface area contributed by atoms with Crippen molar-refractivity contribution >= 4 is 49.8 Å². The Morgan fingerprint density at radius 3 is 1.86 bits per heavy atom. The molecule has 8 aromatic carbocycles. The topological polar surface area (TPSA) is 16.4 Å². The Hall–Kier alpha value is -6.38. The summed E-state index contributed by atoms with van der Waals surface area (Å²) >= 11 is 0. The third kappa shape index (κ3) is 4.50. The second kappa shape index (κ2) is 11.3. The number of nitrogens with zero attached hydrogens (tertiary/aromatic N) is 1. The van der Waals surface area contributed by atoms with Crippen molar-refractivity contribution in [3.63, 3.8) is 0 Å². The summed E-state index contributed by atoms with van der Waals surface area (Å²) in [7, 11) is 0. The molecule has 2 heteroatoms. The van der Waals surface area contributed by atoms with Gasteiger partial charge in [-0.3, -0.25) is 0 Å². The van der Waals surface area contributed by atoms with Gasteiger partial charge < -0.3 is 9.32 Å². The summed E-state index contributed by atoms with van der Waals surface area (Å²) in [4.78, 5) is 2.46. The third-order valence-electron chi connectivity index (χ3n) is 10.9. The highest BCUT2D eigenvalue weighted by Gasteiger charge is 2.39. The number of hydrogen-bond donors (Lipinski definition) is 0. The average Bonchev–Trinajstić information content (AvgIpc) is 3.68. The van der Waals surface area contributed by atoms with Gasteiger partial charge in [-0.1, -0.05) is 159 Å². The molecule has 51 heavy (non-hydrogen) atoms. The van der Waals surface area contributed by atoms with Gasteiger partial charge in [0.15, 0.2) is 5.58 Å². The van der Waals surface area contributed by atoms with Gasteiger partial charge in [-0.25, -0.2) is 0 Å². The lowest BCUT2D eigenvalue weighted by molar-refractivity contribution is 0.661. The van der Waals surface area contributed by atoms with Crippen LogP contribution < -0.4 is 4.90 Å². The molecule has 0 unspecified atom stereocenters. The fourth-order valence-corrected chi connectivity index (χ4v) is 8.41. The van der Waals surface area contributed by atoms with Crippen LogP contribution in [0.1, 0.15) is 25.0 Å². The van der Waals surface area contributed by atoms with Gasteiger partial charge >= 0.3 is 0 Å². The van der Waals surface area contributed by atoms with Gasteiger partial charge in [-0.2, -0.15) is 0 Å². The summed E-state index contributed by atoms with van der Waals surface area (Å²) < 4.78 is 6.77. The molecular weight excluding hydrogens is 619 g/mol. The molecule has 1 aliphatic rings. The maximum absolute atomic E-state index is 6.77. The van der Waals surface area contributed by atoms with Crippen molar-refractivity contribution in [3.8, 4) is 33.4 Å². The predicted molar refractivity (Wildman–Crippen MR) is 214 cm³/mol. The first-order chi connectivity index (χ1) is 25.1. The van der Waals surface area contributed by atoms with Gasteiger partial charge in [0.2, 0.25) is 0 Å². The molecule has 2 nitrogen and oxygen atoms in total. The van der Waals surface area contributed by atoms with Gasteiger partial charge in [-0.15, -0.1) is 0 Å². The highest BCUT2D eigenvalue weighted by atomic mass is 16.3. The Balaban J connectivity index is 1.27. The van der Waals surface area contributed by atoms with Crippen LogP contribution in [0.25, 0.3) is 66.1 Å². The summed E-state index contributed by atoms with van der Waals surface area (Å²) in [6, 6.07) is 63.5. The lowest BCUT2D eigenvalue weighted by Gasteiger charge is -2.30. The van der Waals surface area contributed by atoms with Gasteiger partial charge in [0.05, 0.1) is 11.4 Å². The van der Waals surface area contributed by atoms with Crippen LogP contribution in [-0.2, 0) is 5.41 Å². The first kappa shape index (κ1) is 29.5. The van der Waals surface area contributed by atoms with E-state index in [1.807, 2.05) is 6.07 Å². The molecule has 0 atom stereocenters. The Labute approximate surface area is 297 Å². The summed E-state index contributed by atoms with van der Waals surface area (Å²) in [5.41, 5.74) is 15.0. The monoisotopic (exact) mass is 653 g/mol. The van der Waals surface area contributed by atoms with Crippen LogP contribution in [0.2, 0.25) is 0 Å². The van der Waals surface area contributed by atoms with Crippen molar-refractivity contribution < 1.29 is 4.42 Å². The maximum Gasteiger partial charge on any atom is 0.159 e. The fourth-order valence-electron chi connectivity index (χ4n) is 8.41. The SMILES string of the molecule is CC1(C)c2ccccc2-c2c1cc1ccccc1c2N(c1ccc(-c2ccccc2-c2ccccc2)cc1)c1cccc2c1oc1ccccc12. The quantitative estimate of drug-likeness (QED) is 0.184. The zero-order chi connectivity index (χ0) is 34.1. The van der Waals surface area contributed by atoms with Gasteiger partial charge in [0.25, 0.3) is 0 Å². The average molecular weight is 654 g/mol. The van der Waals surface area contributed by atoms with Gasteiger partial charge in [0.1, 0.15) is 5.58 Å². The summed E-state index contributed by atoms with van der Waals surface area (Å²) in [6.07, 6.45) is 0. The van der Waals surface area contributed by atoms with E-state index < -0.39 is 0 Å². The number of fused-ring (bicyclic) bond motifs is 7. The summed E-state index contributed by atoms with van der Waals surface area (Å²) in [5.74, 6) is 0. The van der Waals surface area contributed by atoms with Crippen LogP contribution in [-0.4, -0.2) is 0 Å². The standard InChI is InChI=1S/C49H35NO/c1-49(2)42-24-12-10-22-41(42)46-43(49)31-34-17-6-7-20-38(34)47(46)50(44-25-14-23-40-39-21-11-13-26-45(39)51-48(40)44)35-29-27-33(28-30-35)37-19-9-8-18-36(37)32-15-4-3-5-16-32/h3-31H,1-2H3. The van der Waals surface area contributed by atoms with Crippen LogP contribution in [0.4, 0.5) is 17.1 Å². The molecule has 0 saturated heterocycles. The van der Waals surface area contributed by atoms with Crippen molar-refractivity contribution in [2.75, 3.05) is 4.90 Å². The van der Waals surface area contributed by atoms with Crippen LogP contribution in [0, 0.1) is 0 Å². The van der Waals surface area contributed by atoms with Crippen molar-refractivity contribution in [2.45, 2.75) is 19.3 Å². The Morgan fingerprint density at radius 1 is 0.471 bits per heavy atom. The molecule has 0 N–H and O–H groups in total. The largest absolute Gasteiger partial charge is 0.454 e. The zero-order valence-electron chi connectivity index (χ0n) is 28.6. The molecule has 0 radical (unpaired) electrons. The second-order valence-corrected chi connectivity index (χ2v) is 14.1. The zero-order valence-corrected chi connectivity index (χ0v) is 28.6. The third-order valence-corrected chi connectivity index (χ3v) is 10.9. The highest BCUT2D eigenvalue weighted by molar-refractivity contribution is 6.14. The van der Waals surface area contributed by atoms with Crippen molar-refractivity contribution in [1.82, 2.24) is 0 Å². The molecule has 0 saturated carbocycles.